The number of carbonyl (C=O) groups is 2. The molecule has 138 valence electrons. The zero-order chi connectivity index (χ0) is 18.5. The summed E-state index contributed by atoms with van der Waals surface area (Å²) in [5.74, 6) is 0.485. The molecule has 3 amide bonds. The average molecular weight is 356 g/mol. The van der Waals surface area contributed by atoms with Crippen molar-refractivity contribution in [1.29, 1.82) is 0 Å². The SMILES string of the molecule is CCCOc1ccc(C2C(=O)NC(=O)N2CCCn2cncc2C)cc1. The Balaban J connectivity index is 1.66. The van der Waals surface area contributed by atoms with Gasteiger partial charge in [-0.1, -0.05) is 19.1 Å². The van der Waals surface area contributed by atoms with E-state index >= 15 is 0 Å². The van der Waals surface area contributed by atoms with E-state index in [4.69, 9.17) is 4.74 Å². The molecule has 1 aliphatic rings. The predicted molar refractivity (Wildman–Crippen MR) is 96.8 cm³/mol. The Labute approximate surface area is 153 Å². The summed E-state index contributed by atoms with van der Waals surface area (Å²) in [4.78, 5) is 30.2. The highest BCUT2D eigenvalue weighted by Crippen LogP contribution is 2.27. The number of urea groups is 1. The topological polar surface area (TPSA) is 76.5 Å². The van der Waals surface area contributed by atoms with Gasteiger partial charge in [0.05, 0.1) is 12.9 Å². The van der Waals surface area contributed by atoms with Crippen LogP contribution in [0, 0.1) is 6.92 Å². The number of nitrogens with zero attached hydrogens (tertiary/aromatic N) is 3. The van der Waals surface area contributed by atoms with Crippen molar-refractivity contribution < 1.29 is 14.3 Å². The summed E-state index contributed by atoms with van der Waals surface area (Å²) in [5.41, 5.74) is 1.86. The quantitative estimate of drug-likeness (QED) is 0.738. The molecule has 1 saturated heterocycles. The first-order chi connectivity index (χ1) is 12.6. The smallest absolute Gasteiger partial charge is 0.325 e. The molecule has 0 saturated carbocycles. The van der Waals surface area contributed by atoms with Gasteiger partial charge in [0, 0.05) is 25.0 Å². The second kappa shape index (κ2) is 8.03. The third-order valence-electron chi connectivity index (χ3n) is 4.44. The molecule has 0 radical (unpaired) electrons. The van der Waals surface area contributed by atoms with Crippen molar-refractivity contribution in [3.05, 3.63) is 48.0 Å². The van der Waals surface area contributed by atoms with Crippen LogP contribution >= 0.6 is 0 Å². The summed E-state index contributed by atoms with van der Waals surface area (Å²) in [6.07, 6.45) is 5.26. The number of imidazole rings is 1. The van der Waals surface area contributed by atoms with Crippen molar-refractivity contribution in [2.24, 2.45) is 0 Å². The van der Waals surface area contributed by atoms with Gasteiger partial charge in [-0.05, 0) is 37.5 Å². The summed E-state index contributed by atoms with van der Waals surface area (Å²) in [6.45, 7) is 5.94. The van der Waals surface area contributed by atoms with Crippen LogP contribution in [-0.2, 0) is 11.3 Å². The number of hydrogen-bond acceptors (Lipinski definition) is 4. The second-order valence-corrected chi connectivity index (χ2v) is 6.39. The lowest BCUT2D eigenvalue weighted by Gasteiger charge is -2.22. The Bertz CT molecular complexity index is 769. The molecule has 26 heavy (non-hydrogen) atoms. The average Bonchev–Trinajstić information content (AvgIpc) is 3.16. The largest absolute Gasteiger partial charge is 0.494 e. The molecule has 3 rings (SSSR count). The number of rotatable bonds is 8. The molecule has 1 fully saturated rings. The van der Waals surface area contributed by atoms with Crippen LogP contribution in [0.2, 0.25) is 0 Å². The van der Waals surface area contributed by atoms with Gasteiger partial charge in [-0.3, -0.25) is 10.1 Å². The minimum Gasteiger partial charge on any atom is -0.494 e. The summed E-state index contributed by atoms with van der Waals surface area (Å²) >= 11 is 0. The van der Waals surface area contributed by atoms with Gasteiger partial charge in [-0.15, -0.1) is 0 Å². The van der Waals surface area contributed by atoms with Crippen LogP contribution in [0.15, 0.2) is 36.8 Å². The van der Waals surface area contributed by atoms with Crippen LogP contribution < -0.4 is 10.1 Å². The van der Waals surface area contributed by atoms with Crippen molar-refractivity contribution in [3.8, 4) is 5.75 Å². The summed E-state index contributed by atoms with van der Waals surface area (Å²) < 4.78 is 7.61. The Kier molecular flexibility index (Phi) is 5.55. The molecular formula is C19H24N4O3. The van der Waals surface area contributed by atoms with Gasteiger partial charge in [0.15, 0.2) is 0 Å². The molecule has 2 aromatic rings. The summed E-state index contributed by atoms with van der Waals surface area (Å²) in [5, 5.41) is 2.42. The van der Waals surface area contributed by atoms with E-state index in [1.165, 1.54) is 0 Å². The number of imide groups is 1. The number of nitrogens with one attached hydrogen (secondary N) is 1. The molecule has 0 aliphatic carbocycles. The third kappa shape index (κ3) is 3.87. The maximum atomic E-state index is 12.3. The number of amides is 3. The van der Waals surface area contributed by atoms with Crippen LogP contribution in [0.5, 0.6) is 5.75 Å². The lowest BCUT2D eigenvalue weighted by atomic mass is 10.1. The fourth-order valence-corrected chi connectivity index (χ4v) is 3.06. The highest BCUT2D eigenvalue weighted by molar-refractivity contribution is 6.04. The van der Waals surface area contributed by atoms with Crippen molar-refractivity contribution in [2.75, 3.05) is 13.2 Å². The summed E-state index contributed by atoms with van der Waals surface area (Å²) in [6, 6.07) is 6.45. The van der Waals surface area contributed by atoms with E-state index in [-0.39, 0.29) is 11.9 Å². The fraction of sp³-hybridized carbons (Fsp3) is 0.421. The van der Waals surface area contributed by atoms with E-state index in [1.807, 2.05) is 42.7 Å². The van der Waals surface area contributed by atoms with E-state index in [1.54, 1.807) is 17.4 Å². The number of benzene rings is 1. The van der Waals surface area contributed by atoms with Gasteiger partial charge in [0.2, 0.25) is 0 Å². The van der Waals surface area contributed by atoms with E-state index in [2.05, 4.69) is 10.3 Å². The first-order valence-electron chi connectivity index (χ1n) is 8.91. The zero-order valence-electron chi connectivity index (χ0n) is 15.1. The van der Waals surface area contributed by atoms with Crippen LogP contribution in [0.4, 0.5) is 4.79 Å². The van der Waals surface area contributed by atoms with Crippen LogP contribution in [0.25, 0.3) is 0 Å². The molecular weight excluding hydrogens is 332 g/mol. The number of aryl methyl sites for hydroxylation is 2. The zero-order valence-corrected chi connectivity index (χ0v) is 15.1. The maximum Gasteiger partial charge on any atom is 0.325 e. The van der Waals surface area contributed by atoms with Crippen molar-refractivity contribution in [3.63, 3.8) is 0 Å². The lowest BCUT2D eigenvalue weighted by Crippen LogP contribution is -2.31. The van der Waals surface area contributed by atoms with E-state index < -0.39 is 6.04 Å². The Morgan fingerprint density at radius 2 is 1.96 bits per heavy atom. The van der Waals surface area contributed by atoms with Gasteiger partial charge in [0.25, 0.3) is 5.91 Å². The Morgan fingerprint density at radius 1 is 1.19 bits per heavy atom. The molecule has 1 unspecified atom stereocenters. The van der Waals surface area contributed by atoms with E-state index in [9.17, 15) is 9.59 Å². The van der Waals surface area contributed by atoms with Crippen LogP contribution in [-0.4, -0.2) is 39.5 Å². The minimum absolute atomic E-state index is 0.281. The lowest BCUT2D eigenvalue weighted by molar-refractivity contribution is -0.121. The first-order valence-corrected chi connectivity index (χ1v) is 8.91. The predicted octanol–water partition coefficient (Wildman–Crippen LogP) is 2.66. The fourth-order valence-electron chi connectivity index (χ4n) is 3.06. The number of carbonyl (C=O) groups excluding carboxylic acids is 2. The highest BCUT2D eigenvalue weighted by Gasteiger charge is 2.38. The molecule has 2 heterocycles. The van der Waals surface area contributed by atoms with Crippen LogP contribution in [0.3, 0.4) is 0 Å². The Morgan fingerprint density at radius 3 is 2.62 bits per heavy atom. The normalized spacial score (nSPS) is 16.8. The second-order valence-electron chi connectivity index (χ2n) is 6.39. The van der Waals surface area contributed by atoms with Crippen molar-refractivity contribution >= 4 is 11.9 Å². The Hall–Kier alpha value is -2.83. The van der Waals surface area contributed by atoms with Gasteiger partial charge < -0.3 is 14.2 Å². The van der Waals surface area contributed by atoms with Gasteiger partial charge in [-0.2, -0.15) is 0 Å². The van der Waals surface area contributed by atoms with Gasteiger partial charge in [-0.25, -0.2) is 9.78 Å². The number of aromatic nitrogens is 2. The maximum absolute atomic E-state index is 12.3. The molecule has 1 aliphatic heterocycles. The summed E-state index contributed by atoms with van der Waals surface area (Å²) in [7, 11) is 0. The monoisotopic (exact) mass is 356 g/mol. The van der Waals surface area contributed by atoms with E-state index in [0.29, 0.717) is 13.2 Å². The van der Waals surface area contributed by atoms with Crippen molar-refractivity contribution in [1.82, 2.24) is 19.8 Å². The highest BCUT2D eigenvalue weighted by atomic mass is 16.5. The third-order valence-corrected chi connectivity index (χ3v) is 4.44. The van der Waals surface area contributed by atoms with Crippen LogP contribution in [0.1, 0.15) is 37.1 Å². The molecule has 0 spiro atoms. The first kappa shape index (κ1) is 18.0. The van der Waals surface area contributed by atoms with Gasteiger partial charge in [0.1, 0.15) is 11.8 Å². The minimum atomic E-state index is -0.591. The van der Waals surface area contributed by atoms with E-state index in [0.717, 1.165) is 36.4 Å². The number of hydrogen-bond donors (Lipinski definition) is 1. The molecule has 7 nitrogen and oxygen atoms in total. The number of ether oxygens (including phenoxy) is 1. The molecule has 1 N–H and O–H groups in total. The molecule has 1 atom stereocenters. The standard InChI is InChI=1S/C19H24N4O3/c1-3-11-26-16-7-5-15(6-8-16)17-18(24)21-19(25)23(17)10-4-9-22-13-20-12-14(22)2/h5-8,12-13,17H,3-4,9-11H2,1-2H3,(H,21,24,25). The molecule has 1 aromatic carbocycles. The molecule has 1 aromatic heterocycles. The van der Waals surface area contributed by atoms with Crippen molar-refractivity contribution in [2.45, 2.75) is 39.3 Å². The molecule has 0 bridgehead atoms. The molecule has 7 heteroatoms. The van der Waals surface area contributed by atoms with Gasteiger partial charge >= 0.3 is 6.03 Å².